The van der Waals surface area contributed by atoms with Gasteiger partial charge in [-0.15, -0.1) is 0 Å². The fourth-order valence-corrected chi connectivity index (χ4v) is 7.76. The van der Waals surface area contributed by atoms with Crippen molar-refractivity contribution in [1.82, 2.24) is 4.57 Å². The minimum Gasteiger partial charge on any atom is -0.551 e. The van der Waals surface area contributed by atoms with Crippen molar-refractivity contribution in [1.29, 1.82) is 0 Å². The first-order chi connectivity index (χ1) is 23.3. The molecule has 218 valence electrons. The molecule has 0 saturated carbocycles. The van der Waals surface area contributed by atoms with E-state index in [1.165, 1.54) is 21.8 Å². The van der Waals surface area contributed by atoms with Gasteiger partial charge >= 0.3 is 6.92 Å². The first kappa shape index (κ1) is 25.0. The fourth-order valence-electron chi connectivity index (χ4n) is 7.76. The second-order valence-corrected chi connectivity index (χ2v) is 12.4. The quantitative estimate of drug-likeness (QED) is 0.185. The van der Waals surface area contributed by atoms with Gasteiger partial charge in [-0.3, -0.25) is 0 Å². The van der Waals surface area contributed by atoms with Gasteiger partial charge in [-0.25, -0.2) is 0 Å². The smallest absolute Gasteiger partial charge is 0.434 e. The standard InChI is InChI=1S/C42H24BNO3/c1-4-12-35-28(8-1)29-9-2-5-13-36(29)44(35)27-18-20-34-41(24-27)46-39-15-7-11-32-31-19-16-26(23-40(31)47-43(34)42(32)39)25-17-21-38-33(22-25)30-10-3-6-14-37(30)45-38/h1-24H. The summed E-state index contributed by atoms with van der Waals surface area (Å²) in [4.78, 5) is 0. The molecule has 5 heteroatoms. The predicted octanol–water partition coefficient (Wildman–Crippen LogP) is 9.62. The Morgan fingerprint density at radius 1 is 0.468 bits per heavy atom. The van der Waals surface area contributed by atoms with Crippen LogP contribution in [0.4, 0.5) is 0 Å². The van der Waals surface area contributed by atoms with Crippen LogP contribution in [0.25, 0.3) is 71.7 Å². The molecule has 0 atom stereocenters. The van der Waals surface area contributed by atoms with Crippen LogP contribution in [0.2, 0.25) is 0 Å². The molecule has 11 rings (SSSR count). The lowest BCUT2D eigenvalue weighted by molar-refractivity contribution is 0.479. The van der Waals surface area contributed by atoms with Crippen molar-refractivity contribution in [3.63, 3.8) is 0 Å². The van der Waals surface area contributed by atoms with E-state index in [2.05, 4.69) is 138 Å². The third kappa shape index (κ3) is 3.48. The van der Waals surface area contributed by atoms with Crippen LogP contribution >= 0.6 is 0 Å². The molecule has 4 nitrogen and oxygen atoms in total. The highest BCUT2D eigenvalue weighted by molar-refractivity contribution is 6.84. The van der Waals surface area contributed by atoms with E-state index in [1.54, 1.807) is 0 Å². The summed E-state index contributed by atoms with van der Waals surface area (Å²) in [6, 6.07) is 51.1. The molecule has 0 N–H and O–H groups in total. The van der Waals surface area contributed by atoms with Crippen LogP contribution < -0.4 is 20.3 Å². The minimum absolute atomic E-state index is 0.278. The molecule has 4 heterocycles. The molecule has 0 amide bonds. The Morgan fingerprint density at radius 2 is 1.19 bits per heavy atom. The zero-order valence-corrected chi connectivity index (χ0v) is 25.1. The van der Waals surface area contributed by atoms with Crippen molar-refractivity contribution in [2.24, 2.45) is 0 Å². The van der Waals surface area contributed by atoms with Gasteiger partial charge in [0.1, 0.15) is 28.4 Å². The Labute approximate surface area is 270 Å². The molecule has 0 unspecified atom stereocenters. The van der Waals surface area contributed by atoms with Gasteiger partial charge in [-0.1, -0.05) is 91.0 Å². The number of para-hydroxylation sites is 3. The van der Waals surface area contributed by atoms with Crippen molar-refractivity contribution in [2.45, 2.75) is 0 Å². The first-order valence-corrected chi connectivity index (χ1v) is 15.9. The fraction of sp³-hybridized carbons (Fsp3) is 0. The second-order valence-electron chi connectivity index (χ2n) is 12.4. The number of ether oxygens (including phenoxy) is 1. The minimum atomic E-state index is -0.278. The lowest BCUT2D eigenvalue weighted by atomic mass is 9.51. The maximum atomic E-state index is 6.94. The summed E-state index contributed by atoms with van der Waals surface area (Å²) < 4.78 is 22.0. The zero-order chi connectivity index (χ0) is 30.6. The van der Waals surface area contributed by atoms with Crippen LogP contribution in [0, 0.1) is 0 Å². The third-order valence-electron chi connectivity index (χ3n) is 9.89. The summed E-state index contributed by atoms with van der Waals surface area (Å²) in [7, 11) is 0. The summed E-state index contributed by atoms with van der Waals surface area (Å²) in [5.74, 6) is 2.52. The summed E-state index contributed by atoms with van der Waals surface area (Å²) in [5, 5.41) is 4.71. The highest BCUT2D eigenvalue weighted by Crippen LogP contribution is 2.42. The van der Waals surface area contributed by atoms with Gasteiger partial charge in [-0.05, 0) is 65.2 Å². The van der Waals surface area contributed by atoms with Crippen LogP contribution in [-0.4, -0.2) is 11.5 Å². The maximum absolute atomic E-state index is 6.94. The highest BCUT2D eigenvalue weighted by atomic mass is 16.5. The van der Waals surface area contributed by atoms with Crippen LogP contribution in [0.3, 0.4) is 0 Å². The van der Waals surface area contributed by atoms with Crippen LogP contribution in [0.5, 0.6) is 17.2 Å². The number of benzene rings is 7. The van der Waals surface area contributed by atoms with E-state index in [9.17, 15) is 0 Å². The lowest BCUT2D eigenvalue weighted by Crippen LogP contribution is -2.53. The van der Waals surface area contributed by atoms with Crippen molar-refractivity contribution in [3.05, 3.63) is 146 Å². The first-order valence-electron chi connectivity index (χ1n) is 15.9. The molecule has 7 aromatic carbocycles. The number of hydrogen-bond donors (Lipinski definition) is 0. The van der Waals surface area contributed by atoms with Crippen molar-refractivity contribution in [3.8, 4) is 45.2 Å². The number of aromatic nitrogens is 1. The van der Waals surface area contributed by atoms with Gasteiger partial charge in [0.2, 0.25) is 0 Å². The number of furan rings is 1. The van der Waals surface area contributed by atoms with Gasteiger partial charge in [-0.2, -0.15) is 0 Å². The van der Waals surface area contributed by atoms with Gasteiger partial charge in [0.05, 0.1) is 11.0 Å². The number of nitrogens with zero attached hydrogens (tertiary/aromatic N) is 1. The molecule has 0 aliphatic carbocycles. The number of rotatable bonds is 2. The summed E-state index contributed by atoms with van der Waals surface area (Å²) in [5.41, 5.74) is 11.7. The molecular weight excluding hydrogens is 577 g/mol. The second kappa shape index (κ2) is 9.18. The van der Waals surface area contributed by atoms with E-state index >= 15 is 0 Å². The average molecular weight is 601 g/mol. The van der Waals surface area contributed by atoms with Crippen LogP contribution in [-0.2, 0) is 0 Å². The molecule has 9 aromatic rings. The number of fused-ring (bicyclic) bond motifs is 10. The molecule has 0 spiro atoms. The molecule has 0 radical (unpaired) electrons. The SMILES string of the molecule is c1cc2c3c(c1)-c1ccc(-c4ccc5oc6ccccc6c5c4)cc1OB3c1ccc(-n3c4ccccc4c4ccccc43)cc1O2. The van der Waals surface area contributed by atoms with Gasteiger partial charge in [0.25, 0.3) is 0 Å². The molecule has 0 bridgehead atoms. The Morgan fingerprint density at radius 3 is 2.04 bits per heavy atom. The summed E-state index contributed by atoms with van der Waals surface area (Å²) >= 11 is 0. The highest BCUT2D eigenvalue weighted by Gasteiger charge is 2.40. The van der Waals surface area contributed by atoms with E-state index in [4.69, 9.17) is 13.8 Å². The molecule has 2 aliphatic rings. The Balaban J connectivity index is 1.04. The molecule has 0 fully saturated rings. The third-order valence-corrected chi connectivity index (χ3v) is 9.89. The van der Waals surface area contributed by atoms with E-state index in [1.807, 2.05) is 12.1 Å². The van der Waals surface area contributed by atoms with Gasteiger partial charge in [0, 0.05) is 49.8 Å². The Hall–Kier alpha value is -6.20. The van der Waals surface area contributed by atoms with E-state index in [0.29, 0.717) is 0 Å². The molecule has 47 heavy (non-hydrogen) atoms. The van der Waals surface area contributed by atoms with E-state index in [-0.39, 0.29) is 6.92 Å². The lowest BCUT2D eigenvalue weighted by Gasteiger charge is -2.33. The van der Waals surface area contributed by atoms with Crippen molar-refractivity contribution < 1.29 is 13.8 Å². The van der Waals surface area contributed by atoms with Crippen molar-refractivity contribution in [2.75, 3.05) is 0 Å². The average Bonchev–Trinajstić information content (AvgIpc) is 3.67. The molecule has 0 saturated heterocycles. The van der Waals surface area contributed by atoms with Crippen LogP contribution in [0.15, 0.2) is 150 Å². The maximum Gasteiger partial charge on any atom is 0.434 e. The summed E-state index contributed by atoms with van der Waals surface area (Å²) in [6.07, 6.45) is 0. The van der Waals surface area contributed by atoms with E-state index in [0.717, 1.165) is 78.1 Å². The predicted molar refractivity (Wildman–Crippen MR) is 191 cm³/mol. The normalized spacial score (nSPS) is 13.0. The molecule has 2 aliphatic heterocycles. The zero-order valence-electron chi connectivity index (χ0n) is 25.1. The molecular formula is C42H24BNO3. The largest absolute Gasteiger partial charge is 0.551 e. The Kier molecular flexibility index (Phi) is 4.89. The summed E-state index contributed by atoms with van der Waals surface area (Å²) in [6.45, 7) is -0.278. The van der Waals surface area contributed by atoms with Crippen LogP contribution in [0.1, 0.15) is 0 Å². The molecule has 2 aromatic heterocycles. The van der Waals surface area contributed by atoms with Gasteiger partial charge in [0.15, 0.2) is 0 Å². The topological polar surface area (TPSA) is 36.5 Å². The van der Waals surface area contributed by atoms with E-state index < -0.39 is 0 Å². The van der Waals surface area contributed by atoms with Gasteiger partial charge < -0.3 is 18.4 Å². The monoisotopic (exact) mass is 601 g/mol. The number of hydrogen-bond acceptors (Lipinski definition) is 3. The van der Waals surface area contributed by atoms with Crippen molar-refractivity contribution >= 4 is 61.6 Å². The Bertz CT molecular complexity index is 2720.